The number of carbonyl (C=O) groups is 2. The predicted molar refractivity (Wildman–Crippen MR) is 282 cm³/mol. The van der Waals surface area contributed by atoms with E-state index in [0.29, 0.717) is 6.42 Å². The zero-order chi connectivity index (χ0) is 46.7. The minimum Gasteiger partial charge on any atom is -0.354 e. The summed E-state index contributed by atoms with van der Waals surface area (Å²) in [6.07, 6.45) is 13.3. The number of hydrogen-bond acceptors (Lipinski definition) is 9. The van der Waals surface area contributed by atoms with Gasteiger partial charge in [-0.15, -0.1) is 4.57 Å². The number of benzene rings is 6. The Morgan fingerprint density at radius 1 is 0.565 bits per heavy atom. The molecular weight excluding hydrogens is 893 g/mol. The Bertz CT molecular complexity index is 3330. The number of para-hydroxylation sites is 6. The predicted octanol–water partition coefficient (Wildman–Crippen LogP) is 10.7. The summed E-state index contributed by atoms with van der Waals surface area (Å²) in [5.41, 5.74) is 13.4. The number of nitrogens with one attached hydrogen (secondary N) is 1. The molecule has 342 valence electrons. The Kier molecular flexibility index (Phi) is 12.4. The van der Waals surface area contributed by atoms with Crippen LogP contribution in [0.4, 0.5) is 22.7 Å². The number of nitrogens with two attached hydrogens (primary N) is 1. The Labute approximate surface area is 410 Å². The first kappa shape index (κ1) is 43.9. The smallest absolute Gasteiger partial charge is 0.354 e. The van der Waals surface area contributed by atoms with Crippen molar-refractivity contribution in [1.82, 2.24) is 15.2 Å². The summed E-state index contributed by atoms with van der Waals surface area (Å²) in [5, 5.41) is 2.08. The van der Waals surface area contributed by atoms with Crippen LogP contribution in [0.25, 0.3) is 43.7 Å². The molecule has 0 spiro atoms. The van der Waals surface area contributed by atoms with Crippen molar-refractivity contribution in [1.29, 1.82) is 0 Å². The fourth-order valence-electron chi connectivity index (χ4n) is 9.89. The van der Waals surface area contributed by atoms with Crippen molar-refractivity contribution < 1.29 is 18.7 Å². The lowest BCUT2D eigenvalue weighted by Crippen LogP contribution is -2.50. The van der Waals surface area contributed by atoms with Gasteiger partial charge in [0.05, 0.1) is 11.4 Å². The molecular formula is C57H52N8O2S2+2. The monoisotopic (exact) mass is 944 g/mol. The van der Waals surface area contributed by atoms with E-state index in [1.165, 1.54) is 26.4 Å². The topological polar surface area (TPSA) is 92.9 Å². The normalized spacial score (nSPS) is 15.9. The highest BCUT2D eigenvalue weighted by Gasteiger charge is 2.34. The van der Waals surface area contributed by atoms with Crippen LogP contribution in [-0.4, -0.2) is 48.3 Å². The molecule has 5 heterocycles. The number of rotatable bonds is 13. The standard InChI is InChI=1S/C57H51N8O2S2/c58-59-53(67)30-8-3-17-31-62-49-26-13-15-28-51(49)68-56(62)38-41-36-54(64(43-18-4-1-5-19-43)47-24-11-9-22-45(41)47)60-32-34-61(35-33-60)55-37-42(39-57-63(40-66)50-27-14-16-29-52(50)69-57)46-23-10-12-25-48(46)65(55)44-20-6-2-7-21-44/h1-2,4-7,9-16,18-29,36-40H,3,8,17,30-35,58H2/q+1/p+1. The molecule has 2 aromatic heterocycles. The van der Waals surface area contributed by atoms with E-state index in [2.05, 4.69) is 193 Å². The van der Waals surface area contributed by atoms with Crippen molar-refractivity contribution in [2.45, 2.75) is 32.2 Å². The average molecular weight is 945 g/mol. The molecule has 0 aliphatic carbocycles. The second-order valence-corrected chi connectivity index (χ2v) is 19.5. The quantitative estimate of drug-likeness (QED) is 0.0297. The third-order valence-electron chi connectivity index (χ3n) is 13.2. The van der Waals surface area contributed by atoms with Gasteiger partial charge in [0.1, 0.15) is 21.0 Å². The number of anilines is 4. The molecule has 3 aliphatic heterocycles. The summed E-state index contributed by atoms with van der Waals surface area (Å²) >= 11 is 3.45. The Hall–Kier alpha value is -7.64. The number of aromatic nitrogens is 2. The molecule has 3 aliphatic rings. The van der Waals surface area contributed by atoms with Gasteiger partial charge in [0.15, 0.2) is 6.54 Å². The van der Waals surface area contributed by atoms with E-state index in [1.54, 1.807) is 15.9 Å². The fraction of sp³-hybridized carbons (Fsp3) is 0.158. The number of piperazine rings is 1. The number of nitrogens with zero attached hydrogens (tertiary/aromatic N) is 6. The number of aryl methyl sites for hydroxylation is 1. The zero-order valence-electron chi connectivity index (χ0n) is 38.2. The van der Waals surface area contributed by atoms with Crippen LogP contribution in [0.3, 0.4) is 0 Å². The van der Waals surface area contributed by atoms with Gasteiger partial charge in [0.2, 0.25) is 16.9 Å². The lowest BCUT2D eigenvalue weighted by molar-refractivity contribution is -0.669. The van der Waals surface area contributed by atoms with Crippen LogP contribution in [0.5, 0.6) is 0 Å². The summed E-state index contributed by atoms with van der Waals surface area (Å²) in [5.74, 6) is 7.47. The van der Waals surface area contributed by atoms with Crippen molar-refractivity contribution in [2.24, 2.45) is 5.84 Å². The van der Waals surface area contributed by atoms with Crippen molar-refractivity contribution in [3.63, 3.8) is 0 Å². The van der Waals surface area contributed by atoms with Gasteiger partial charge in [-0.3, -0.25) is 20.0 Å². The van der Waals surface area contributed by atoms with Crippen molar-refractivity contribution in [3.8, 4) is 0 Å². The van der Waals surface area contributed by atoms with Crippen molar-refractivity contribution >= 4 is 101 Å². The van der Waals surface area contributed by atoms with Crippen LogP contribution in [-0.2, 0) is 16.1 Å². The molecule has 0 atom stereocenters. The van der Waals surface area contributed by atoms with E-state index in [9.17, 15) is 9.59 Å². The second-order valence-electron chi connectivity index (χ2n) is 17.4. The Morgan fingerprint density at radius 2 is 1.04 bits per heavy atom. The molecule has 0 bridgehead atoms. The lowest BCUT2D eigenvalue weighted by atomic mass is 9.97. The van der Waals surface area contributed by atoms with Gasteiger partial charge in [-0.05, 0) is 84.7 Å². The van der Waals surface area contributed by atoms with E-state index in [1.807, 2.05) is 29.5 Å². The second kappa shape index (κ2) is 19.5. The maximum atomic E-state index is 12.6. The van der Waals surface area contributed by atoms with Crippen molar-refractivity contribution in [2.75, 3.05) is 36.0 Å². The molecule has 1 fully saturated rings. The molecule has 1 saturated heterocycles. The number of thiazole rings is 2. The van der Waals surface area contributed by atoms with E-state index < -0.39 is 0 Å². The largest absolute Gasteiger partial charge is 0.382 e. The number of allylic oxidation sites excluding steroid dienone is 4. The molecule has 8 aromatic rings. The Balaban J connectivity index is 0.964. The first-order chi connectivity index (χ1) is 34.1. The Morgan fingerprint density at radius 3 is 1.61 bits per heavy atom. The number of hydrogen-bond donors (Lipinski definition) is 2. The van der Waals surface area contributed by atoms with Crippen LogP contribution < -0.4 is 30.2 Å². The number of fused-ring (bicyclic) bond motifs is 4. The summed E-state index contributed by atoms with van der Waals surface area (Å²) in [4.78, 5) is 34.3. The van der Waals surface area contributed by atoms with Gasteiger partial charge in [-0.25, -0.2) is 10.6 Å². The molecule has 3 N–H and O–H groups in total. The van der Waals surface area contributed by atoms with E-state index in [0.717, 1.165) is 119 Å². The third-order valence-corrected chi connectivity index (χ3v) is 15.4. The molecule has 12 heteroatoms. The molecule has 0 unspecified atom stereocenters. The first-order valence-electron chi connectivity index (χ1n) is 23.6. The van der Waals surface area contributed by atoms with E-state index in [-0.39, 0.29) is 5.91 Å². The summed E-state index contributed by atoms with van der Waals surface area (Å²) in [7, 11) is 0. The van der Waals surface area contributed by atoms with Gasteiger partial charge < -0.3 is 9.80 Å². The number of carbonyl (C=O) groups excluding carboxylic acids is 2. The van der Waals surface area contributed by atoms with Gasteiger partial charge >= 0.3 is 6.41 Å². The summed E-state index contributed by atoms with van der Waals surface area (Å²) < 4.78 is 6.53. The highest BCUT2D eigenvalue weighted by Crippen LogP contribution is 2.45. The minimum absolute atomic E-state index is 0.121. The SMILES string of the molecule is NNC(=O)CCCCC[n+]1c(/C=C2\C=C(N3CCN(C4=C/C(=C\c5sc6ccccc6[n+]5C=O)c5ccccc5N4c4ccccc4)CC3)N(c3ccccc3)c3ccccc32)sc2ccccc21. The van der Waals surface area contributed by atoms with Gasteiger partial charge in [-0.2, -0.15) is 4.57 Å². The highest BCUT2D eigenvalue weighted by molar-refractivity contribution is 7.19. The molecule has 10 nitrogen and oxygen atoms in total. The van der Waals surface area contributed by atoms with E-state index >= 15 is 0 Å². The first-order valence-corrected chi connectivity index (χ1v) is 25.2. The number of amides is 1. The molecule has 1 amide bonds. The van der Waals surface area contributed by atoms with E-state index in [4.69, 9.17) is 5.84 Å². The molecule has 11 rings (SSSR count). The molecule has 0 radical (unpaired) electrons. The van der Waals surface area contributed by atoms with Crippen LogP contribution in [0.15, 0.2) is 182 Å². The van der Waals surface area contributed by atoms with Crippen LogP contribution in [0.2, 0.25) is 0 Å². The third kappa shape index (κ3) is 8.63. The van der Waals surface area contributed by atoms with Gasteiger partial charge in [-0.1, -0.05) is 120 Å². The van der Waals surface area contributed by atoms with Gasteiger partial charge in [0, 0.05) is 85.8 Å². The van der Waals surface area contributed by atoms with Crippen LogP contribution >= 0.6 is 22.7 Å². The lowest BCUT2D eigenvalue weighted by Gasteiger charge is -2.46. The molecule has 0 saturated carbocycles. The zero-order valence-corrected chi connectivity index (χ0v) is 39.8. The van der Waals surface area contributed by atoms with Gasteiger partial charge in [0.25, 0.3) is 10.0 Å². The average Bonchev–Trinajstić information content (AvgIpc) is 3.95. The molecule has 6 aromatic carbocycles. The van der Waals surface area contributed by atoms with Crippen molar-refractivity contribution in [3.05, 3.63) is 203 Å². The molecule has 69 heavy (non-hydrogen) atoms. The summed E-state index contributed by atoms with van der Waals surface area (Å²) in [6, 6.07) is 55.5. The minimum atomic E-state index is -0.121. The maximum absolute atomic E-state index is 12.6. The number of hydrazine groups is 1. The number of unbranched alkanes of at least 4 members (excludes halogenated alkanes) is 2. The van der Waals surface area contributed by atoms with Crippen LogP contribution in [0.1, 0.15) is 46.8 Å². The maximum Gasteiger partial charge on any atom is 0.382 e. The van der Waals surface area contributed by atoms with Crippen LogP contribution in [0, 0.1) is 0 Å². The fourth-order valence-corrected chi connectivity index (χ4v) is 12.1. The summed E-state index contributed by atoms with van der Waals surface area (Å²) in [6.45, 7) is 4.00. The highest BCUT2D eigenvalue weighted by atomic mass is 32.1.